The fourth-order valence-electron chi connectivity index (χ4n) is 4.56. The van der Waals surface area contributed by atoms with Crippen molar-refractivity contribution in [1.82, 2.24) is 20.1 Å². The van der Waals surface area contributed by atoms with Crippen molar-refractivity contribution in [3.63, 3.8) is 0 Å². The van der Waals surface area contributed by atoms with Gasteiger partial charge in [0.1, 0.15) is 12.7 Å². The number of benzene rings is 2. The zero-order chi connectivity index (χ0) is 23.1. The third-order valence-electron chi connectivity index (χ3n) is 6.39. The summed E-state index contributed by atoms with van der Waals surface area (Å²) in [5.74, 6) is 0.796. The molecule has 1 aliphatic rings. The minimum atomic E-state index is -3.71. The Hall–Kier alpha value is -2.71. The van der Waals surface area contributed by atoms with Crippen molar-refractivity contribution < 1.29 is 8.42 Å². The van der Waals surface area contributed by atoms with Gasteiger partial charge in [-0.1, -0.05) is 56.7 Å². The van der Waals surface area contributed by atoms with Crippen LogP contribution < -0.4 is 10.0 Å². The molecular formula is C25H33N5O2S. The van der Waals surface area contributed by atoms with Gasteiger partial charge in [-0.3, -0.25) is 4.72 Å². The van der Waals surface area contributed by atoms with Gasteiger partial charge in [-0.05, 0) is 55.2 Å². The molecule has 1 fully saturated rings. The zero-order valence-electron chi connectivity index (χ0n) is 19.2. The van der Waals surface area contributed by atoms with Gasteiger partial charge in [0.2, 0.25) is 0 Å². The van der Waals surface area contributed by atoms with Crippen molar-refractivity contribution in [3.05, 3.63) is 66.7 Å². The molecule has 1 heterocycles. The van der Waals surface area contributed by atoms with E-state index in [0.717, 1.165) is 17.2 Å². The van der Waals surface area contributed by atoms with Crippen LogP contribution in [-0.2, 0) is 16.6 Å². The standard InChI is InChI=1S/C25H33N5O2S/c1-20(16-21-8-4-2-3-5-9-21)27-17-22-10-6-7-11-25(22)29-33(31,32)24-14-12-23(13-15-24)30-19-26-18-28-30/h6-7,10-15,18-21,27,29H,2-5,8-9,16-17H2,1H3/t20-/m0/s1. The summed E-state index contributed by atoms with van der Waals surface area (Å²) in [4.78, 5) is 4.12. The molecule has 7 nitrogen and oxygen atoms in total. The fraction of sp³-hybridized carbons (Fsp3) is 0.440. The van der Waals surface area contributed by atoms with Gasteiger partial charge in [0.25, 0.3) is 10.0 Å². The summed E-state index contributed by atoms with van der Waals surface area (Å²) in [5, 5.41) is 7.67. The number of hydrogen-bond donors (Lipinski definition) is 2. The molecule has 176 valence electrons. The molecule has 0 saturated heterocycles. The second-order valence-electron chi connectivity index (χ2n) is 8.97. The lowest BCUT2D eigenvalue weighted by molar-refractivity contribution is 0.363. The van der Waals surface area contributed by atoms with E-state index in [-0.39, 0.29) is 4.90 Å². The van der Waals surface area contributed by atoms with Crippen LogP contribution in [0.15, 0.2) is 66.1 Å². The van der Waals surface area contributed by atoms with Gasteiger partial charge in [-0.25, -0.2) is 18.1 Å². The SMILES string of the molecule is C[C@@H](CC1CCCCCC1)NCc1ccccc1NS(=O)(=O)c1ccc(-n2cncn2)cc1. The fourth-order valence-corrected chi connectivity index (χ4v) is 5.67. The first-order valence-corrected chi connectivity index (χ1v) is 13.3. The maximum Gasteiger partial charge on any atom is 0.261 e. The molecule has 0 aliphatic heterocycles. The number of sulfonamides is 1. The van der Waals surface area contributed by atoms with E-state index in [2.05, 4.69) is 27.0 Å². The van der Waals surface area contributed by atoms with E-state index in [0.29, 0.717) is 18.3 Å². The van der Waals surface area contributed by atoms with E-state index in [1.54, 1.807) is 35.3 Å². The molecular weight excluding hydrogens is 434 g/mol. The zero-order valence-corrected chi connectivity index (χ0v) is 20.0. The number of para-hydroxylation sites is 1. The average molecular weight is 468 g/mol. The van der Waals surface area contributed by atoms with Gasteiger partial charge in [-0.15, -0.1) is 0 Å². The maximum absolute atomic E-state index is 13.0. The number of nitrogens with zero attached hydrogens (tertiary/aromatic N) is 3. The van der Waals surface area contributed by atoms with Crippen LogP contribution in [-0.4, -0.2) is 29.2 Å². The van der Waals surface area contributed by atoms with E-state index < -0.39 is 10.0 Å². The summed E-state index contributed by atoms with van der Waals surface area (Å²) in [7, 11) is -3.71. The van der Waals surface area contributed by atoms with Crippen molar-refractivity contribution in [2.24, 2.45) is 5.92 Å². The molecule has 3 aromatic rings. The maximum atomic E-state index is 13.0. The lowest BCUT2D eigenvalue weighted by atomic mass is 9.93. The highest BCUT2D eigenvalue weighted by Gasteiger charge is 2.18. The van der Waals surface area contributed by atoms with Gasteiger partial charge in [-0.2, -0.15) is 5.10 Å². The van der Waals surface area contributed by atoms with Crippen LogP contribution in [0.5, 0.6) is 0 Å². The molecule has 0 spiro atoms. The topological polar surface area (TPSA) is 88.9 Å². The molecule has 2 aromatic carbocycles. The Labute approximate surface area is 196 Å². The van der Waals surface area contributed by atoms with Crippen LogP contribution in [0.3, 0.4) is 0 Å². The number of anilines is 1. The molecule has 8 heteroatoms. The second kappa shape index (κ2) is 10.9. The van der Waals surface area contributed by atoms with Crippen LogP contribution in [0.4, 0.5) is 5.69 Å². The quantitative estimate of drug-likeness (QED) is 0.437. The van der Waals surface area contributed by atoms with Crippen molar-refractivity contribution in [2.45, 2.75) is 69.4 Å². The predicted octanol–water partition coefficient (Wildman–Crippen LogP) is 4.91. The van der Waals surface area contributed by atoms with E-state index in [1.165, 1.54) is 51.3 Å². The minimum Gasteiger partial charge on any atom is -0.310 e. The van der Waals surface area contributed by atoms with E-state index in [4.69, 9.17) is 0 Å². The number of hydrogen-bond acceptors (Lipinski definition) is 5. The van der Waals surface area contributed by atoms with Crippen molar-refractivity contribution >= 4 is 15.7 Å². The monoisotopic (exact) mass is 467 g/mol. The summed E-state index contributed by atoms with van der Waals surface area (Å²) in [6.45, 7) is 2.85. The van der Waals surface area contributed by atoms with Crippen LogP contribution in [0.1, 0.15) is 57.4 Å². The number of rotatable bonds is 9. The number of aromatic nitrogens is 3. The second-order valence-corrected chi connectivity index (χ2v) is 10.7. The summed E-state index contributed by atoms with van der Waals surface area (Å²) < 4.78 is 30.4. The average Bonchev–Trinajstić information content (AvgIpc) is 3.24. The van der Waals surface area contributed by atoms with Gasteiger partial charge < -0.3 is 5.32 Å². The Kier molecular flexibility index (Phi) is 7.77. The first-order chi connectivity index (χ1) is 16.0. The Morgan fingerprint density at radius 3 is 2.45 bits per heavy atom. The van der Waals surface area contributed by atoms with Crippen LogP contribution >= 0.6 is 0 Å². The molecule has 1 atom stereocenters. The van der Waals surface area contributed by atoms with Gasteiger partial charge in [0.15, 0.2) is 0 Å². The molecule has 0 radical (unpaired) electrons. The van der Waals surface area contributed by atoms with E-state index >= 15 is 0 Å². The highest BCUT2D eigenvalue weighted by molar-refractivity contribution is 7.92. The van der Waals surface area contributed by atoms with Gasteiger partial charge in [0.05, 0.1) is 16.3 Å². The first kappa shape index (κ1) is 23.4. The third kappa shape index (κ3) is 6.42. The molecule has 0 bridgehead atoms. The summed E-state index contributed by atoms with van der Waals surface area (Å²) in [5.41, 5.74) is 2.29. The lowest BCUT2D eigenvalue weighted by Gasteiger charge is -2.21. The first-order valence-electron chi connectivity index (χ1n) is 11.8. The Balaban J connectivity index is 1.39. The van der Waals surface area contributed by atoms with Crippen molar-refractivity contribution in [2.75, 3.05) is 4.72 Å². The number of nitrogens with one attached hydrogen (secondary N) is 2. The largest absolute Gasteiger partial charge is 0.310 e. The van der Waals surface area contributed by atoms with E-state index in [1.807, 2.05) is 24.3 Å². The Morgan fingerprint density at radius 1 is 1.03 bits per heavy atom. The van der Waals surface area contributed by atoms with Crippen LogP contribution in [0, 0.1) is 5.92 Å². The molecule has 0 unspecified atom stereocenters. The van der Waals surface area contributed by atoms with Crippen molar-refractivity contribution in [3.8, 4) is 5.69 Å². The van der Waals surface area contributed by atoms with E-state index in [9.17, 15) is 8.42 Å². The molecule has 2 N–H and O–H groups in total. The summed E-state index contributed by atoms with van der Waals surface area (Å²) in [6, 6.07) is 14.6. The molecule has 1 saturated carbocycles. The van der Waals surface area contributed by atoms with Crippen LogP contribution in [0.2, 0.25) is 0 Å². The lowest BCUT2D eigenvalue weighted by Crippen LogP contribution is -2.28. The third-order valence-corrected chi connectivity index (χ3v) is 7.78. The minimum absolute atomic E-state index is 0.204. The molecule has 4 rings (SSSR count). The van der Waals surface area contributed by atoms with Gasteiger partial charge in [0, 0.05) is 12.6 Å². The molecule has 33 heavy (non-hydrogen) atoms. The highest BCUT2D eigenvalue weighted by Crippen LogP contribution is 2.27. The molecule has 0 amide bonds. The van der Waals surface area contributed by atoms with Crippen molar-refractivity contribution in [1.29, 1.82) is 0 Å². The summed E-state index contributed by atoms with van der Waals surface area (Å²) >= 11 is 0. The van der Waals surface area contributed by atoms with Crippen LogP contribution in [0.25, 0.3) is 5.69 Å². The smallest absolute Gasteiger partial charge is 0.261 e. The normalized spacial score (nSPS) is 16.3. The molecule has 1 aromatic heterocycles. The Bertz CT molecular complexity index is 1110. The van der Waals surface area contributed by atoms with Gasteiger partial charge >= 0.3 is 0 Å². The molecule has 1 aliphatic carbocycles. The predicted molar refractivity (Wildman–Crippen MR) is 131 cm³/mol. The Morgan fingerprint density at radius 2 is 1.76 bits per heavy atom. The summed E-state index contributed by atoms with van der Waals surface area (Å²) in [6.07, 6.45) is 12.3. The highest BCUT2D eigenvalue weighted by atomic mass is 32.2.